The van der Waals surface area contributed by atoms with Gasteiger partial charge in [0, 0.05) is 11.1 Å². The monoisotopic (exact) mass is 254 g/mol. The first-order valence-electron chi connectivity index (χ1n) is 5.14. The third-order valence-corrected chi connectivity index (χ3v) is 2.67. The largest absolute Gasteiger partial charge is 0.504 e. The van der Waals surface area contributed by atoms with Crippen LogP contribution in [0.2, 0.25) is 0 Å². The SMILES string of the molecule is CC(=O)C1=C(O)C(=O)c2occc2C1=C(C#N)C#N. The van der Waals surface area contributed by atoms with Gasteiger partial charge in [0.15, 0.2) is 17.3 Å². The first kappa shape index (κ1) is 12.3. The van der Waals surface area contributed by atoms with Crippen molar-refractivity contribution < 1.29 is 19.1 Å². The van der Waals surface area contributed by atoms with Crippen molar-refractivity contribution in [3.05, 3.63) is 40.6 Å². The van der Waals surface area contributed by atoms with E-state index in [9.17, 15) is 14.7 Å². The molecule has 6 nitrogen and oxygen atoms in total. The lowest BCUT2D eigenvalue weighted by atomic mass is 9.85. The number of fused-ring (bicyclic) bond motifs is 1. The molecule has 1 aromatic heterocycles. The third-order valence-electron chi connectivity index (χ3n) is 2.67. The molecule has 0 aromatic carbocycles. The van der Waals surface area contributed by atoms with Crippen molar-refractivity contribution in [3.8, 4) is 12.1 Å². The highest BCUT2D eigenvalue weighted by Gasteiger charge is 2.36. The van der Waals surface area contributed by atoms with Crippen LogP contribution in [0.3, 0.4) is 0 Å². The van der Waals surface area contributed by atoms with Gasteiger partial charge in [0.25, 0.3) is 5.78 Å². The van der Waals surface area contributed by atoms with E-state index < -0.39 is 17.3 Å². The Balaban J connectivity index is 2.94. The number of hydrogen-bond donors (Lipinski definition) is 1. The molecule has 2 rings (SSSR count). The van der Waals surface area contributed by atoms with E-state index in [0.29, 0.717) is 0 Å². The molecule has 1 heterocycles. The zero-order chi connectivity index (χ0) is 14.2. The van der Waals surface area contributed by atoms with E-state index in [1.807, 2.05) is 0 Å². The lowest BCUT2D eigenvalue weighted by Crippen LogP contribution is -2.18. The lowest BCUT2D eigenvalue weighted by molar-refractivity contribution is -0.113. The average molecular weight is 254 g/mol. The number of nitrogens with zero attached hydrogens (tertiary/aromatic N) is 2. The van der Waals surface area contributed by atoms with Crippen LogP contribution in [-0.2, 0) is 4.79 Å². The zero-order valence-corrected chi connectivity index (χ0v) is 9.72. The molecule has 1 N–H and O–H groups in total. The van der Waals surface area contributed by atoms with Crippen LogP contribution in [0, 0.1) is 22.7 Å². The van der Waals surface area contributed by atoms with E-state index in [4.69, 9.17) is 14.9 Å². The van der Waals surface area contributed by atoms with Crippen molar-refractivity contribution in [1.29, 1.82) is 10.5 Å². The number of carbonyl (C=O) groups is 2. The number of nitriles is 2. The van der Waals surface area contributed by atoms with E-state index in [1.54, 1.807) is 12.1 Å². The van der Waals surface area contributed by atoms with E-state index in [1.165, 1.54) is 12.3 Å². The summed E-state index contributed by atoms with van der Waals surface area (Å²) < 4.78 is 4.93. The number of ketones is 2. The first-order valence-corrected chi connectivity index (χ1v) is 5.14. The summed E-state index contributed by atoms with van der Waals surface area (Å²) >= 11 is 0. The Hall–Kier alpha value is -3.12. The van der Waals surface area contributed by atoms with Gasteiger partial charge in [0.2, 0.25) is 0 Å². The van der Waals surface area contributed by atoms with Gasteiger partial charge in [-0.1, -0.05) is 0 Å². The summed E-state index contributed by atoms with van der Waals surface area (Å²) in [5.74, 6) is -2.46. The highest BCUT2D eigenvalue weighted by atomic mass is 16.3. The molecule has 0 spiro atoms. The first-order chi connectivity index (χ1) is 9.02. The summed E-state index contributed by atoms with van der Waals surface area (Å²) in [4.78, 5) is 23.4. The zero-order valence-electron chi connectivity index (χ0n) is 9.72. The summed E-state index contributed by atoms with van der Waals surface area (Å²) in [5.41, 5.74) is -0.617. The molecular weight excluding hydrogens is 248 g/mol. The Morgan fingerprint density at radius 2 is 2.00 bits per heavy atom. The Morgan fingerprint density at radius 3 is 2.53 bits per heavy atom. The topological polar surface area (TPSA) is 115 Å². The van der Waals surface area contributed by atoms with E-state index in [2.05, 4.69) is 0 Å². The predicted molar refractivity (Wildman–Crippen MR) is 61.5 cm³/mol. The molecule has 1 aliphatic carbocycles. The molecule has 1 aromatic rings. The van der Waals surface area contributed by atoms with Crippen LogP contribution in [0.1, 0.15) is 23.0 Å². The van der Waals surface area contributed by atoms with Crippen molar-refractivity contribution in [2.75, 3.05) is 0 Å². The standard InChI is InChI=1S/C13H6N2O4/c1-6(16)9-10(7(4-14)5-15)8-2-3-19-13(8)12(18)11(9)17/h2-3,17H,1H3. The Morgan fingerprint density at radius 1 is 1.37 bits per heavy atom. The van der Waals surface area contributed by atoms with Crippen molar-refractivity contribution in [2.24, 2.45) is 0 Å². The summed E-state index contributed by atoms with van der Waals surface area (Å²) in [5, 5.41) is 27.6. The number of aliphatic hydroxyl groups excluding tert-OH is 1. The number of rotatable bonds is 1. The van der Waals surface area contributed by atoms with Crippen LogP contribution < -0.4 is 0 Å². The maximum Gasteiger partial charge on any atom is 0.263 e. The highest BCUT2D eigenvalue weighted by Crippen LogP contribution is 2.37. The molecule has 0 fully saturated rings. The van der Waals surface area contributed by atoms with E-state index >= 15 is 0 Å². The Labute approximate surface area is 107 Å². The van der Waals surface area contributed by atoms with Gasteiger partial charge in [-0.3, -0.25) is 9.59 Å². The molecule has 1 aliphatic rings. The number of Topliss-reactive ketones (excluding diaryl/α,β-unsaturated/α-hetero) is 2. The van der Waals surface area contributed by atoms with Crippen LogP contribution in [0.4, 0.5) is 0 Å². The molecule has 0 unspecified atom stereocenters. The van der Waals surface area contributed by atoms with Gasteiger partial charge < -0.3 is 9.52 Å². The number of hydrogen-bond acceptors (Lipinski definition) is 6. The van der Waals surface area contributed by atoms with Crippen LogP contribution in [0.25, 0.3) is 5.57 Å². The van der Waals surface area contributed by atoms with E-state index in [0.717, 1.165) is 6.92 Å². The number of carbonyl (C=O) groups excluding carboxylic acids is 2. The summed E-state index contributed by atoms with van der Waals surface area (Å²) in [7, 11) is 0. The predicted octanol–water partition coefficient (Wildman–Crippen LogP) is 1.68. The lowest BCUT2D eigenvalue weighted by Gasteiger charge is -2.16. The fourth-order valence-corrected chi connectivity index (χ4v) is 1.90. The molecule has 0 saturated heterocycles. The fraction of sp³-hybridized carbons (Fsp3) is 0.0769. The molecule has 19 heavy (non-hydrogen) atoms. The number of allylic oxidation sites excluding steroid dienone is 4. The molecular formula is C13H6N2O4. The summed E-state index contributed by atoms with van der Waals surface area (Å²) in [6, 6.07) is 4.65. The minimum absolute atomic E-state index is 0.0710. The molecule has 0 bridgehead atoms. The minimum atomic E-state index is -0.843. The summed E-state index contributed by atoms with van der Waals surface area (Å²) in [6.07, 6.45) is 1.19. The van der Waals surface area contributed by atoms with Gasteiger partial charge in [-0.05, 0) is 13.0 Å². The second kappa shape index (κ2) is 4.28. The normalized spacial score (nSPS) is 13.6. The van der Waals surface area contributed by atoms with Gasteiger partial charge in [-0.15, -0.1) is 0 Å². The quantitative estimate of drug-likeness (QED) is 0.762. The van der Waals surface area contributed by atoms with Gasteiger partial charge in [0.1, 0.15) is 17.7 Å². The average Bonchev–Trinajstić information content (AvgIpc) is 2.85. The molecule has 92 valence electrons. The van der Waals surface area contributed by atoms with Crippen molar-refractivity contribution in [3.63, 3.8) is 0 Å². The second-order valence-electron chi connectivity index (χ2n) is 3.75. The smallest absolute Gasteiger partial charge is 0.263 e. The third kappa shape index (κ3) is 1.63. The number of furan rings is 1. The van der Waals surface area contributed by atoms with Gasteiger partial charge in [-0.2, -0.15) is 10.5 Å². The minimum Gasteiger partial charge on any atom is -0.504 e. The van der Waals surface area contributed by atoms with Gasteiger partial charge in [0.05, 0.1) is 11.8 Å². The van der Waals surface area contributed by atoms with Gasteiger partial charge in [-0.25, -0.2) is 0 Å². The maximum absolute atomic E-state index is 11.8. The fourth-order valence-electron chi connectivity index (χ4n) is 1.90. The van der Waals surface area contributed by atoms with Gasteiger partial charge >= 0.3 is 0 Å². The summed E-state index contributed by atoms with van der Waals surface area (Å²) in [6.45, 7) is 1.14. The Kier molecular flexibility index (Phi) is 2.78. The van der Waals surface area contributed by atoms with Crippen molar-refractivity contribution in [2.45, 2.75) is 6.92 Å². The molecule has 0 aliphatic heterocycles. The van der Waals surface area contributed by atoms with Crippen LogP contribution >= 0.6 is 0 Å². The molecule has 0 amide bonds. The second-order valence-corrected chi connectivity index (χ2v) is 3.75. The molecule has 0 radical (unpaired) electrons. The van der Waals surface area contributed by atoms with Crippen LogP contribution in [0.15, 0.2) is 33.7 Å². The number of aliphatic hydroxyl groups is 1. The highest BCUT2D eigenvalue weighted by molar-refractivity contribution is 6.24. The van der Waals surface area contributed by atoms with Crippen molar-refractivity contribution >= 4 is 17.1 Å². The van der Waals surface area contributed by atoms with Crippen LogP contribution in [0.5, 0.6) is 0 Å². The molecule has 0 atom stereocenters. The van der Waals surface area contributed by atoms with Crippen LogP contribution in [-0.4, -0.2) is 16.7 Å². The van der Waals surface area contributed by atoms with E-state index in [-0.39, 0.29) is 28.0 Å². The van der Waals surface area contributed by atoms with Crippen molar-refractivity contribution in [1.82, 2.24) is 0 Å². The molecule has 6 heteroatoms. The molecule has 0 saturated carbocycles. The Bertz CT molecular complexity index is 734. The maximum atomic E-state index is 11.8.